The second kappa shape index (κ2) is 10.1. The smallest absolute Gasteiger partial charge is 0.247 e. The molecular weight excluding hydrogens is 348 g/mol. The molecule has 142 valence electrons. The van der Waals surface area contributed by atoms with Crippen LogP contribution in [0.2, 0.25) is 0 Å². The summed E-state index contributed by atoms with van der Waals surface area (Å²) in [6.45, 7) is 2.50. The summed E-state index contributed by atoms with van der Waals surface area (Å²) in [5, 5.41) is 4.12. The minimum Gasteiger partial charge on any atom is -0.489 e. The highest BCUT2D eigenvalue weighted by molar-refractivity contribution is 5.86. The second-order valence-electron chi connectivity index (χ2n) is 6.45. The molecule has 1 unspecified atom stereocenters. The largest absolute Gasteiger partial charge is 0.489 e. The molecule has 4 nitrogen and oxygen atoms in total. The zero-order chi connectivity index (χ0) is 19.6. The van der Waals surface area contributed by atoms with Gasteiger partial charge < -0.3 is 4.74 Å². The molecule has 4 heteroatoms. The summed E-state index contributed by atoms with van der Waals surface area (Å²) in [4.78, 5) is 12.4. The van der Waals surface area contributed by atoms with Crippen LogP contribution in [0.4, 0.5) is 0 Å². The SMILES string of the molecule is CCC(C(=O)N/N=C/c1cccc(OCc2ccccc2)c1)c1ccccc1. The van der Waals surface area contributed by atoms with Crippen LogP contribution in [0.1, 0.15) is 36.0 Å². The highest BCUT2D eigenvalue weighted by atomic mass is 16.5. The predicted molar refractivity (Wildman–Crippen MR) is 112 cm³/mol. The van der Waals surface area contributed by atoms with Gasteiger partial charge >= 0.3 is 0 Å². The summed E-state index contributed by atoms with van der Waals surface area (Å²) in [6, 6.07) is 27.4. The fourth-order valence-electron chi connectivity index (χ4n) is 2.93. The fraction of sp³-hybridized carbons (Fsp3) is 0.167. The first-order chi connectivity index (χ1) is 13.8. The molecule has 0 radical (unpaired) electrons. The van der Waals surface area contributed by atoms with E-state index in [2.05, 4.69) is 10.5 Å². The Balaban J connectivity index is 1.57. The Labute approximate surface area is 165 Å². The van der Waals surface area contributed by atoms with Gasteiger partial charge in [-0.05, 0) is 35.2 Å². The topological polar surface area (TPSA) is 50.7 Å². The number of benzene rings is 3. The maximum Gasteiger partial charge on any atom is 0.247 e. The summed E-state index contributed by atoms with van der Waals surface area (Å²) >= 11 is 0. The van der Waals surface area contributed by atoms with Gasteiger partial charge in [0, 0.05) is 0 Å². The van der Waals surface area contributed by atoms with E-state index < -0.39 is 0 Å². The van der Waals surface area contributed by atoms with E-state index in [0.717, 1.165) is 22.4 Å². The van der Waals surface area contributed by atoms with Crippen molar-refractivity contribution in [2.75, 3.05) is 0 Å². The molecule has 0 aliphatic carbocycles. The van der Waals surface area contributed by atoms with Crippen molar-refractivity contribution in [2.24, 2.45) is 5.10 Å². The predicted octanol–water partition coefficient (Wildman–Crippen LogP) is 4.91. The summed E-state index contributed by atoms with van der Waals surface area (Å²) in [5.74, 6) is 0.440. The molecule has 1 atom stereocenters. The molecular formula is C24H24N2O2. The number of nitrogens with zero attached hydrogens (tertiary/aromatic N) is 1. The van der Waals surface area contributed by atoms with Crippen LogP contribution < -0.4 is 10.2 Å². The quantitative estimate of drug-likeness (QED) is 0.451. The van der Waals surface area contributed by atoms with Crippen LogP contribution in [0, 0.1) is 0 Å². The molecule has 0 spiro atoms. The Morgan fingerprint density at radius 3 is 2.43 bits per heavy atom. The molecule has 0 heterocycles. The lowest BCUT2D eigenvalue weighted by Gasteiger charge is -2.13. The molecule has 3 rings (SSSR count). The lowest BCUT2D eigenvalue weighted by atomic mass is 9.96. The first-order valence-electron chi connectivity index (χ1n) is 9.41. The van der Waals surface area contributed by atoms with Gasteiger partial charge in [-0.2, -0.15) is 5.10 Å². The number of nitrogens with one attached hydrogen (secondary N) is 1. The molecule has 0 saturated heterocycles. The summed E-state index contributed by atoms with van der Waals surface area (Å²) in [5.41, 5.74) is 5.61. The molecule has 0 fully saturated rings. The van der Waals surface area contributed by atoms with Crippen LogP contribution in [0.25, 0.3) is 0 Å². The van der Waals surface area contributed by atoms with Gasteiger partial charge in [0.15, 0.2) is 0 Å². The van der Waals surface area contributed by atoms with Crippen molar-refractivity contribution >= 4 is 12.1 Å². The van der Waals surface area contributed by atoms with Gasteiger partial charge in [0.2, 0.25) is 5.91 Å². The zero-order valence-electron chi connectivity index (χ0n) is 15.9. The number of amides is 1. The van der Waals surface area contributed by atoms with E-state index in [0.29, 0.717) is 13.0 Å². The second-order valence-corrected chi connectivity index (χ2v) is 6.45. The van der Waals surface area contributed by atoms with Crippen molar-refractivity contribution in [1.82, 2.24) is 5.43 Å². The van der Waals surface area contributed by atoms with Crippen LogP contribution in [-0.2, 0) is 11.4 Å². The standard InChI is InChI=1S/C24H24N2O2/c1-2-23(21-13-7-4-8-14-21)24(27)26-25-17-20-12-9-15-22(16-20)28-18-19-10-5-3-6-11-19/h3-17,23H,2,18H2,1H3,(H,26,27)/b25-17+. The van der Waals surface area contributed by atoms with Crippen LogP contribution in [-0.4, -0.2) is 12.1 Å². The van der Waals surface area contributed by atoms with Crippen LogP contribution in [0.5, 0.6) is 5.75 Å². The van der Waals surface area contributed by atoms with Crippen LogP contribution in [0.3, 0.4) is 0 Å². The summed E-state index contributed by atoms with van der Waals surface area (Å²) < 4.78 is 5.82. The number of rotatable bonds is 8. The fourth-order valence-corrected chi connectivity index (χ4v) is 2.93. The molecule has 1 N–H and O–H groups in total. The lowest BCUT2D eigenvalue weighted by molar-refractivity contribution is -0.122. The monoisotopic (exact) mass is 372 g/mol. The van der Waals surface area contributed by atoms with Crippen molar-refractivity contribution < 1.29 is 9.53 Å². The highest BCUT2D eigenvalue weighted by Gasteiger charge is 2.17. The van der Waals surface area contributed by atoms with E-state index in [1.807, 2.05) is 91.9 Å². The number of hydrogen-bond acceptors (Lipinski definition) is 3. The van der Waals surface area contributed by atoms with Crippen molar-refractivity contribution in [2.45, 2.75) is 25.9 Å². The molecule has 3 aromatic rings. The minimum absolute atomic E-state index is 0.110. The van der Waals surface area contributed by atoms with Crippen molar-refractivity contribution in [3.05, 3.63) is 102 Å². The van der Waals surface area contributed by atoms with Gasteiger partial charge in [0.25, 0.3) is 0 Å². The van der Waals surface area contributed by atoms with Crippen molar-refractivity contribution in [3.8, 4) is 5.75 Å². The van der Waals surface area contributed by atoms with E-state index in [-0.39, 0.29) is 11.8 Å². The van der Waals surface area contributed by atoms with Gasteiger partial charge in [0.05, 0.1) is 12.1 Å². The Bertz CT molecular complexity index is 908. The third-order valence-corrected chi connectivity index (χ3v) is 4.42. The number of carbonyl (C=O) groups is 1. The average molecular weight is 372 g/mol. The molecule has 0 saturated carbocycles. The minimum atomic E-state index is -0.209. The Morgan fingerprint density at radius 1 is 1.00 bits per heavy atom. The maximum absolute atomic E-state index is 12.4. The van der Waals surface area contributed by atoms with Gasteiger partial charge in [0.1, 0.15) is 12.4 Å². The van der Waals surface area contributed by atoms with E-state index in [1.165, 1.54) is 0 Å². The Hall–Kier alpha value is -3.40. The van der Waals surface area contributed by atoms with Crippen LogP contribution >= 0.6 is 0 Å². The van der Waals surface area contributed by atoms with Crippen molar-refractivity contribution in [3.63, 3.8) is 0 Å². The number of carbonyl (C=O) groups excluding carboxylic acids is 1. The lowest BCUT2D eigenvalue weighted by Crippen LogP contribution is -2.25. The average Bonchev–Trinajstić information content (AvgIpc) is 2.75. The summed E-state index contributed by atoms with van der Waals surface area (Å²) in [6.07, 6.45) is 2.35. The number of hydrogen-bond donors (Lipinski definition) is 1. The molecule has 28 heavy (non-hydrogen) atoms. The molecule has 0 bridgehead atoms. The Morgan fingerprint density at radius 2 is 1.71 bits per heavy atom. The number of ether oxygens (including phenoxy) is 1. The zero-order valence-corrected chi connectivity index (χ0v) is 15.9. The third kappa shape index (κ3) is 5.55. The highest BCUT2D eigenvalue weighted by Crippen LogP contribution is 2.19. The third-order valence-electron chi connectivity index (χ3n) is 4.42. The van der Waals surface area contributed by atoms with E-state index in [1.54, 1.807) is 6.21 Å². The Kier molecular flexibility index (Phi) is 6.96. The molecule has 1 amide bonds. The normalized spacial score (nSPS) is 11.9. The number of hydrazone groups is 1. The summed E-state index contributed by atoms with van der Waals surface area (Å²) in [7, 11) is 0. The van der Waals surface area contributed by atoms with Crippen LogP contribution in [0.15, 0.2) is 90.0 Å². The van der Waals surface area contributed by atoms with Gasteiger partial charge in [-0.15, -0.1) is 0 Å². The van der Waals surface area contributed by atoms with Gasteiger partial charge in [-0.25, -0.2) is 5.43 Å². The van der Waals surface area contributed by atoms with Gasteiger partial charge in [-0.1, -0.05) is 79.7 Å². The van der Waals surface area contributed by atoms with Gasteiger partial charge in [-0.3, -0.25) is 4.79 Å². The van der Waals surface area contributed by atoms with Crippen molar-refractivity contribution in [1.29, 1.82) is 0 Å². The van der Waals surface area contributed by atoms with E-state index in [4.69, 9.17) is 4.74 Å². The first kappa shape index (κ1) is 19.4. The van der Waals surface area contributed by atoms with E-state index in [9.17, 15) is 4.79 Å². The molecule has 0 aliphatic heterocycles. The molecule has 0 aromatic heterocycles. The maximum atomic E-state index is 12.4. The molecule has 0 aliphatic rings. The van der Waals surface area contributed by atoms with E-state index >= 15 is 0 Å². The first-order valence-corrected chi connectivity index (χ1v) is 9.41. The molecule has 3 aromatic carbocycles.